The number of nitrogens with one attached hydrogen (secondary N) is 2. The second kappa shape index (κ2) is 5.92. The predicted molar refractivity (Wildman–Crippen MR) is 78.0 cm³/mol. The Hall–Kier alpha value is -2.38. The lowest BCUT2D eigenvalue weighted by atomic mass is 10.0. The van der Waals surface area contributed by atoms with E-state index in [4.69, 9.17) is 0 Å². The van der Waals surface area contributed by atoms with E-state index in [1.165, 1.54) is 0 Å². The zero-order valence-corrected chi connectivity index (χ0v) is 12.8. The highest BCUT2D eigenvalue weighted by atomic mass is 19.4. The topological polar surface area (TPSA) is 57.8 Å². The molecule has 2 aromatic heterocycles. The minimum atomic E-state index is -4.68. The third kappa shape index (κ3) is 3.42. The van der Waals surface area contributed by atoms with Crippen molar-refractivity contribution in [3.8, 4) is 0 Å². The molecule has 3 rings (SSSR count). The van der Waals surface area contributed by atoms with Gasteiger partial charge in [-0.05, 0) is 37.0 Å². The molecule has 0 saturated heterocycles. The molecule has 0 bridgehead atoms. The van der Waals surface area contributed by atoms with Gasteiger partial charge in [-0.15, -0.1) is 0 Å². The molecule has 0 aromatic carbocycles. The van der Waals surface area contributed by atoms with E-state index in [1.54, 1.807) is 13.1 Å². The number of alkyl halides is 3. The van der Waals surface area contributed by atoms with Crippen LogP contribution in [0.1, 0.15) is 45.7 Å². The number of aromatic nitrogens is 2. The fourth-order valence-corrected chi connectivity index (χ4v) is 2.40. The average Bonchev–Trinajstić information content (AvgIpc) is 3.23. The fourth-order valence-electron chi connectivity index (χ4n) is 2.40. The maximum atomic E-state index is 13.8. The van der Waals surface area contributed by atoms with E-state index in [2.05, 4.69) is 15.3 Å². The first-order valence-electron chi connectivity index (χ1n) is 7.46. The standard InChI is InChI=1S/C16H15F4N3O/c1-8-10(7-21-13(8)15(24)22-11-3-4-11)6-9-2-5-12(16(18,19)20)23-14(9)17/h2,5,7,11,21H,3-4,6H2,1H3,(H,22,24). The number of halogens is 4. The Bertz CT molecular complexity index is 778. The summed E-state index contributed by atoms with van der Waals surface area (Å²) in [6, 6.07) is 2.03. The van der Waals surface area contributed by atoms with Crippen molar-refractivity contribution in [2.45, 2.75) is 38.4 Å². The third-order valence-electron chi connectivity index (χ3n) is 3.98. The van der Waals surface area contributed by atoms with Crippen molar-refractivity contribution in [1.29, 1.82) is 0 Å². The first kappa shape index (κ1) is 16.5. The maximum Gasteiger partial charge on any atom is 0.433 e. The van der Waals surface area contributed by atoms with Crippen LogP contribution in [0.5, 0.6) is 0 Å². The summed E-state index contributed by atoms with van der Waals surface area (Å²) in [4.78, 5) is 17.9. The van der Waals surface area contributed by atoms with Gasteiger partial charge in [0.15, 0.2) is 0 Å². The number of hydrogen-bond acceptors (Lipinski definition) is 2. The van der Waals surface area contributed by atoms with E-state index in [9.17, 15) is 22.4 Å². The van der Waals surface area contributed by atoms with E-state index in [0.29, 0.717) is 16.8 Å². The highest BCUT2D eigenvalue weighted by molar-refractivity contribution is 5.94. The summed E-state index contributed by atoms with van der Waals surface area (Å²) < 4.78 is 51.4. The van der Waals surface area contributed by atoms with Gasteiger partial charge in [0.25, 0.3) is 5.91 Å². The second-order valence-electron chi connectivity index (χ2n) is 5.88. The van der Waals surface area contributed by atoms with Crippen LogP contribution in [0.4, 0.5) is 17.6 Å². The van der Waals surface area contributed by atoms with Crippen LogP contribution in [-0.2, 0) is 12.6 Å². The van der Waals surface area contributed by atoms with Crippen LogP contribution >= 0.6 is 0 Å². The number of amides is 1. The second-order valence-corrected chi connectivity index (χ2v) is 5.88. The van der Waals surface area contributed by atoms with Crippen LogP contribution in [0.15, 0.2) is 18.3 Å². The molecule has 2 aromatic rings. The van der Waals surface area contributed by atoms with Crippen LogP contribution in [0.3, 0.4) is 0 Å². The number of pyridine rings is 1. The lowest BCUT2D eigenvalue weighted by Gasteiger charge is -2.08. The molecular formula is C16H15F4N3O. The molecule has 0 unspecified atom stereocenters. The van der Waals surface area contributed by atoms with Gasteiger partial charge >= 0.3 is 6.18 Å². The van der Waals surface area contributed by atoms with E-state index in [1.807, 2.05) is 0 Å². The Morgan fingerprint density at radius 2 is 2.04 bits per heavy atom. The predicted octanol–water partition coefficient (Wildman–Crippen LogP) is 3.36. The number of nitrogens with zero attached hydrogens (tertiary/aromatic N) is 1. The number of H-pyrrole nitrogens is 1. The smallest absolute Gasteiger partial charge is 0.357 e. The van der Waals surface area contributed by atoms with Gasteiger partial charge in [-0.3, -0.25) is 4.79 Å². The number of carbonyl (C=O) groups excluding carboxylic acids is 1. The summed E-state index contributed by atoms with van der Waals surface area (Å²) in [5.74, 6) is -1.39. The monoisotopic (exact) mass is 341 g/mol. The first-order valence-corrected chi connectivity index (χ1v) is 7.46. The van der Waals surface area contributed by atoms with Gasteiger partial charge in [0.2, 0.25) is 5.95 Å². The van der Waals surface area contributed by atoms with Crippen LogP contribution in [0.2, 0.25) is 0 Å². The third-order valence-corrected chi connectivity index (χ3v) is 3.98. The van der Waals surface area contributed by atoms with Gasteiger partial charge < -0.3 is 10.3 Å². The normalized spacial score (nSPS) is 14.7. The molecule has 0 radical (unpaired) electrons. The molecule has 1 saturated carbocycles. The number of aromatic amines is 1. The van der Waals surface area contributed by atoms with Crippen LogP contribution in [0, 0.1) is 12.9 Å². The van der Waals surface area contributed by atoms with Gasteiger partial charge in [-0.2, -0.15) is 17.6 Å². The number of rotatable bonds is 4. The van der Waals surface area contributed by atoms with E-state index in [-0.39, 0.29) is 23.9 Å². The average molecular weight is 341 g/mol. The minimum absolute atomic E-state index is 0.0410. The lowest BCUT2D eigenvalue weighted by molar-refractivity contribution is -0.141. The summed E-state index contributed by atoms with van der Waals surface area (Å²) in [5, 5.41) is 2.84. The maximum absolute atomic E-state index is 13.8. The van der Waals surface area contributed by atoms with Crippen LogP contribution in [-0.4, -0.2) is 21.9 Å². The van der Waals surface area contributed by atoms with Crippen molar-refractivity contribution < 1.29 is 22.4 Å². The summed E-state index contributed by atoms with van der Waals surface area (Å²) in [6.45, 7) is 1.71. The zero-order chi connectivity index (χ0) is 17.5. The molecule has 1 amide bonds. The van der Waals surface area contributed by atoms with Crippen molar-refractivity contribution >= 4 is 5.91 Å². The van der Waals surface area contributed by atoms with Gasteiger partial charge in [0.05, 0.1) is 0 Å². The van der Waals surface area contributed by atoms with Crippen molar-refractivity contribution in [2.75, 3.05) is 0 Å². The van der Waals surface area contributed by atoms with Crippen molar-refractivity contribution in [1.82, 2.24) is 15.3 Å². The zero-order valence-electron chi connectivity index (χ0n) is 12.8. The number of carbonyl (C=O) groups is 1. The van der Waals surface area contributed by atoms with Crippen LogP contribution in [0.25, 0.3) is 0 Å². The molecule has 0 spiro atoms. The molecule has 24 heavy (non-hydrogen) atoms. The molecule has 2 N–H and O–H groups in total. The Balaban J connectivity index is 1.79. The Morgan fingerprint density at radius 3 is 2.62 bits per heavy atom. The molecule has 4 nitrogen and oxygen atoms in total. The van der Waals surface area contributed by atoms with Gasteiger partial charge in [-0.25, -0.2) is 4.98 Å². The van der Waals surface area contributed by atoms with E-state index < -0.39 is 17.8 Å². The molecular weight excluding hydrogens is 326 g/mol. The Labute approximate surface area is 135 Å². The van der Waals surface area contributed by atoms with Crippen LogP contribution < -0.4 is 5.32 Å². The molecule has 1 aliphatic rings. The van der Waals surface area contributed by atoms with E-state index >= 15 is 0 Å². The summed E-state index contributed by atoms with van der Waals surface area (Å²) in [7, 11) is 0. The molecule has 2 heterocycles. The largest absolute Gasteiger partial charge is 0.433 e. The summed E-state index contributed by atoms with van der Waals surface area (Å²) in [5.41, 5.74) is 0.444. The molecule has 0 atom stereocenters. The van der Waals surface area contributed by atoms with Crippen molar-refractivity contribution in [3.05, 3.63) is 52.4 Å². The van der Waals surface area contributed by atoms with Gasteiger partial charge in [-0.1, -0.05) is 6.07 Å². The van der Waals surface area contributed by atoms with Crippen molar-refractivity contribution in [2.24, 2.45) is 0 Å². The Kier molecular flexibility index (Phi) is 4.06. The highest BCUT2D eigenvalue weighted by Crippen LogP contribution is 2.29. The van der Waals surface area contributed by atoms with Crippen molar-refractivity contribution in [3.63, 3.8) is 0 Å². The summed E-state index contributed by atoms with van der Waals surface area (Å²) >= 11 is 0. The van der Waals surface area contributed by atoms with Gasteiger partial charge in [0.1, 0.15) is 11.4 Å². The molecule has 128 valence electrons. The SMILES string of the molecule is Cc1c(Cc2ccc(C(F)(F)F)nc2F)c[nH]c1C(=O)NC1CC1. The van der Waals surface area contributed by atoms with Gasteiger partial charge in [0, 0.05) is 24.2 Å². The highest BCUT2D eigenvalue weighted by Gasteiger charge is 2.33. The molecule has 1 aliphatic carbocycles. The lowest BCUT2D eigenvalue weighted by Crippen LogP contribution is -2.26. The first-order chi connectivity index (χ1) is 11.3. The molecule has 0 aliphatic heterocycles. The molecule has 8 heteroatoms. The Morgan fingerprint density at radius 1 is 1.33 bits per heavy atom. The number of hydrogen-bond donors (Lipinski definition) is 2. The molecule has 1 fully saturated rings. The fraction of sp³-hybridized carbons (Fsp3) is 0.375. The summed E-state index contributed by atoms with van der Waals surface area (Å²) in [6.07, 6.45) is -1.15. The van der Waals surface area contributed by atoms with E-state index in [0.717, 1.165) is 25.0 Å². The minimum Gasteiger partial charge on any atom is -0.357 e. The quantitative estimate of drug-likeness (QED) is 0.662.